The first-order valence-electron chi connectivity index (χ1n) is 6.53. The van der Waals surface area contributed by atoms with Gasteiger partial charge in [-0.05, 0) is 12.8 Å². The van der Waals surface area contributed by atoms with E-state index in [2.05, 4.69) is 20.7 Å². The second kappa shape index (κ2) is 14.9. The van der Waals surface area contributed by atoms with Crippen LogP contribution in [0, 0.1) is 0 Å². The van der Waals surface area contributed by atoms with Crippen LogP contribution in [0.4, 0.5) is 0 Å². The molecular formula is C13H25BrO2. The largest absolute Gasteiger partial charge is 0.468 e. The molecule has 0 aromatic rings. The van der Waals surface area contributed by atoms with E-state index in [1.807, 2.05) is 0 Å². The summed E-state index contributed by atoms with van der Waals surface area (Å²) in [5, 5.41) is 1.15. The highest BCUT2D eigenvalue weighted by Crippen LogP contribution is 2.10. The Kier molecular flexibility index (Phi) is 14.9. The van der Waals surface area contributed by atoms with E-state index < -0.39 is 0 Å². The summed E-state index contributed by atoms with van der Waals surface area (Å²) in [6, 6.07) is 0. The zero-order valence-electron chi connectivity index (χ0n) is 10.3. The van der Waals surface area contributed by atoms with Crippen LogP contribution in [0.5, 0.6) is 0 Å². The Bertz CT molecular complexity index is 140. The highest BCUT2D eigenvalue weighted by Gasteiger charge is 1.93. The third-order valence-electron chi connectivity index (χ3n) is 2.71. The van der Waals surface area contributed by atoms with Crippen LogP contribution in [-0.4, -0.2) is 18.4 Å². The average Bonchev–Trinajstić information content (AvgIpc) is 2.31. The quantitative estimate of drug-likeness (QED) is 0.285. The molecule has 0 heterocycles. The number of unbranched alkanes of at least 4 members (excludes halogenated alkanes) is 9. The minimum atomic E-state index is 0.535. The molecule has 0 aromatic carbocycles. The molecule has 0 rings (SSSR count). The van der Waals surface area contributed by atoms with Gasteiger partial charge < -0.3 is 4.74 Å². The van der Waals surface area contributed by atoms with Crippen LogP contribution in [0.2, 0.25) is 0 Å². The van der Waals surface area contributed by atoms with Gasteiger partial charge in [0.15, 0.2) is 0 Å². The molecule has 0 spiro atoms. The van der Waals surface area contributed by atoms with Gasteiger partial charge in [0, 0.05) is 5.33 Å². The van der Waals surface area contributed by atoms with Crippen molar-refractivity contribution in [2.24, 2.45) is 0 Å². The van der Waals surface area contributed by atoms with Crippen LogP contribution in [0.25, 0.3) is 0 Å². The first-order valence-corrected chi connectivity index (χ1v) is 7.65. The zero-order chi connectivity index (χ0) is 11.9. The van der Waals surface area contributed by atoms with Crippen LogP contribution in [0.1, 0.15) is 64.2 Å². The number of carbonyl (C=O) groups excluding carboxylic acids is 1. The standard InChI is InChI=1S/C13H25BrO2/c14-11-9-7-5-3-1-2-4-6-8-10-12-16-13-15/h13H,1-12H2. The Hall–Kier alpha value is -0.0500. The van der Waals surface area contributed by atoms with Crippen molar-refractivity contribution in [1.82, 2.24) is 0 Å². The molecule has 0 atom stereocenters. The van der Waals surface area contributed by atoms with Gasteiger partial charge in [-0.3, -0.25) is 4.79 Å². The van der Waals surface area contributed by atoms with Crippen LogP contribution in [0.3, 0.4) is 0 Å². The number of hydrogen-bond donors (Lipinski definition) is 0. The molecule has 0 saturated carbocycles. The molecule has 3 heteroatoms. The summed E-state index contributed by atoms with van der Waals surface area (Å²) in [5.41, 5.74) is 0. The number of rotatable bonds is 13. The number of ether oxygens (including phenoxy) is 1. The Labute approximate surface area is 108 Å². The monoisotopic (exact) mass is 292 g/mol. The van der Waals surface area contributed by atoms with Crippen molar-refractivity contribution in [2.75, 3.05) is 11.9 Å². The average molecular weight is 293 g/mol. The summed E-state index contributed by atoms with van der Waals surface area (Å²) >= 11 is 3.45. The summed E-state index contributed by atoms with van der Waals surface area (Å²) < 4.78 is 4.63. The second-order valence-electron chi connectivity index (χ2n) is 4.19. The lowest BCUT2D eigenvalue weighted by atomic mass is 10.1. The van der Waals surface area contributed by atoms with Crippen molar-refractivity contribution < 1.29 is 9.53 Å². The van der Waals surface area contributed by atoms with Crippen molar-refractivity contribution in [2.45, 2.75) is 64.2 Å². The highest BCUT2D eigenvalue weighted by atomic mass is 79.9. The second-order valence-corrected chi connectivity index (χ2v) is 4.98. The van der Waals surface area contributed by atoms with Crippen molar-refractivity contribution >= 4 is 22.4 Å². The minimum absolute atomic E-state index is 0.535. The molecule has 0 saturated heterocycles. The Morgan fingerprint density at radius 3 is 1.62 bits per heavy atom. The van der Waals surface area contributed by atoms with Crippen molar-refractivity contribution in [3.8, 4) is 0 Å². The van der Waals surface area contributed by atoms with Crippen molar-refractivity contribution in [1.29, 1.82) is 0 Å². The third-order valence-corrected chi connectivity index (χ3v) is 3.27. The van der Waals surface area contributed by atoms with Gasteiger partial charge in [0.2, 0.25) is 0 Å². The first-order chi connectivity index (χ1) is 7.91. The molecule has 0 aliphatic heterocycles. The van der Waals surface area contributed by atoms with Gasteiger partial charge in [-0.2, -0.15) is 0 Å². The fraction of sp³-hybridized carbons (Fsp3) is 0.923. The van der Waals surface area contributed by atoms with E-state index in [-0.39, 0.29) is 0 Å². The number of carbonyl (C=O) groups is 1. The summed E-state index contributed by atoms with van der Waals surface area (Å²) in [6.07, 6.45) is 13.0. The molecule has 0 aliphatic rings. The smallest absolute Gasteiger partial charge is 0.293 e. The van der Waals surface area contributed by atoms with Gasteiger partial charge in [-0.15, -0.1) is 0 Å². The predicted molar refractivity (Wildman–Crippen MR) is 72.0 cm³/mol. The summed E-state index contributed by atoms with van der Waals surface area (Å²) in [5.74, 6) is 0. The molecule has 0 aromatic heterocycles. The fourth-order valence-corrected chi connectivity index (χ4v) is 2.14. The zero-order valence-corrected chi connectivity index (χ0v) is 11.8. The maximum Gasteiger partial charge on any atom is 0.293 e. The Morgan fingerprint density at radius 2 is 1.19 bits per heavy atom. The number of halogens is 1. The number of hydrogen-bond acceptors (Lipinski definition) is 2. The van der Waals surface area contributed by atoms with E-state index in [1.165, 1.54) is 57.8 Å². The molecule has 0 N–H and O–H groups in total. The molecule has 96 valence electrons. The molecule has 0 unspecified atom stereocenters. The molecular weight excluding hydrogens is 268 g/mol. The topological polar surface area (TPSA) is 26.3 Å². The lowest BCUT2D eigenvalue weighted by Gasteiger charge is -2.02. The molecule has 16 heavy (non-hydrogen) atoms. The van der Waals surface area contributed by atoms with E-state index in [1.54, 1.807) is 0 Å². The van der Waals surface area contributed by atoms with Gasteiger partial charge in [-0.25, -0.2) is 0 Å². The molecule has 0 aliphatic carbocycles. The van der Waals surface area contributed by atoms with Crippen LogP contribution < -0.4 is 0 Å². The van der Waals surface area contributed by atoms with E-state index in [0.29, 0.717) is 13.1 Å². The summed E-state index contributed by atoms with van der Waals surface area (Å²) in [4.78, 5) is 9.86. The third kappa shape index (κ3) is 13.9. The molecule has 0 amide bonds. The van der Waals surface area contributed by atoms with Crippen LogP contribution >= 0.6 is 15.9 Å². The van der Waals surface area contributed by atoms with Crippen LogP contribution in [-0.2, 0) is 9.53 Å². The molecule has 2 nitrogen and oxygen atoms in total. The highest BCUT2D eigenvalue weighted by molar-refractivity contribution is 9.09. The molecule has 0 radical (unpaired) electrons. The predicted octanol–water partition coefficient (Wildman–Crippen LogP) is 4.46. The Morgan fingerprint density at radius 1 is 0.750 bits per heavy atom. The number of alkyl halides is 1. The Balaban J connectivity index is 2.85. The van der Waals surface area contributed by atoms with E-state index in [9.17, 15) is 4.79 Å². The molecule has 0 bridgehead atoms. The van der Waals surface area contributed by atoms with E-state index >= 15 is 0 Å². The van der Waals surface area contributed by atoms with Gasteiger partial charge in [0.1, 0.15) is 0 Å². The fourth-order valence-electron chi connectivity index (χ4n) is 1.74. The summed E-state index contributed by atoms with van der Waals surface area (Å²) in [6.45, 7) is 1.13. The lowest BCUT2D eigenvalue weighted by molar-refractivity contribution is -0.128. The van der Waals surface area contributed by atoms with Crippen LogP contribution in [0.15, 0.2) is 0 Å². The SMILES string of the molecule is O=COCCCCCCCCCCCCBr. The van der Waals surface area contributed by atoms with Crippen molar-refractivity contribution in [3.63, 3.8) is 0 Å². The van der Waals surface area contributed by atoms with Gasteiger partial charge in [0.05, 0.1) is 6.61 Å². The minimum Gasteiger partial charge on any atom is -0.468 e. The van der Waals surface area contributed by atoms with Gasteiger partial charge in [0.25, 0.3) is 6.47 Å². The molecule has 0 fully saturated rings. The maximum atomic E-state index is 9.86. The maximum absolute atomic E-state index is 9.86. The normalized spacial score (nSPS) is 10.3. The first kappa shape index (κ1) is 16.0. The van der Waals surface area contributed by atoms with E-state index in [0.717, 1.165) is 11.8 Å². The van der Waals surface area contributed by atoms with Gasteiger partial charge in [-0.1, -0.05) is 67.3 Å². The van der Waals surface area contributed by atoms with Crippen molar-refractivity contribution in [3.05, 3.63) is 0 Å². The van der Waals surface area contributed by atoms with E-state index in [4.69, 9.17) is 0 Å². The summed E-state index contributed by atoms with van der Waals surface area (Å²) in [7, 11) is 0. The lowest BCUT2D eigenvalue weighted by Crippen LogP contribution is -1.91. The van der Waals surface area contributed by atoms with Gasteiger partial charge >= 0.3 is 0 Å².